The Morgan fingerprint density at radius 1 is 1.50 bits per heavy atom. The fourth-order valence-electron chi connectivity index (χ4n) is 1.86. The number of nitrogens with zero attached hydrogens (tertiary/aromatic N) is 1. The molecule has 0 atom stereocenters. The minimum absolute atomic E-state index is 0.0596. The van der Waals surface area contributed by atoms with Crippen molar-refractivity contribution in [1.29, 1.82) is 0 Å². The highest BCUT2D eigenvalue weighted by Crippen LogP contribution is 2.20. The summed E-state index contributed by atoms with van der Waals surface area (Å²) in [6.45, 7) is 0. The highest BCUT2D eigenvalue weighted by molar-refractivity contribution is 5.42. The number of hydrogen-bond acceptors (Lipinski definition) is 2. The summed E-state index contributed by atoms with van der Waals surface area (Å²) in [4.78, 5) is 11.4. The van der Waals surface area contributed by atoms with Gasteiger partial charge in [-0.25, -0.2) is 0 Å². The van der Waals surface area contributed by atoms with Crippen LogP contribution in [0, 0.1) is 0 Å². The molecule has 1 aromatic rings. The summed E-state index contributed by atoms with van der Waals surface area (Å²) in [6, 6.07) is 1.82. The molecule has 3 heteroatoms. The number of nitrogen functional groups attached to an aromatic ring is 1. The largest absolute Gasteiger partial charge is 0.394 e. The average Bonchev–Trinajstić information content (AvgIpc) is 2.48. The van der Waals surface area contributed by atoms with Gasteiger partial charge in [0.25, 0.3) is 5.56 Å². The molecule has 2 rings (SSSR count). The number of hydrogen-bond donors (Lipinski definition) is 1. The van der Waals surface area contributed by atoms with Crippen LogP contribution in [-0.4, -0.2) is 4.57 Å². The first-order valence-electron chi connectivity index (χ1n) is 4.17. The molecule has 0 saturated carbocycles. The molecule has 0 bridgehead atoms. The lowest BCUT2D eigenvalue weighted by Gasteiger charge is -2.06. The summed E-state index contributed by atoms with van der Waals surface area (Å²) in [5.41, 5.74) is 8.28. The highest BCUT2D eigenvalue weighted by Gasteiger charge is 2.15. The van der Waals surface area contributed by atoms with Crippen molar-refractivity contribution in [2.75, 3.05) is 5.73 Å². The average molecular weight is 164 g/mol. The molecule has 0 spiro atoms. The van der Waals surface area contributed by atoms with E-state index in [9.17, 15) is 4.79 Å². The van der Waals surface area contributed by atoms with Gasteiger partial charge in [-0.05, 0) is 30.9 Å². The molecule has 1 aliphatic carbocycles. The van der Waals surface area contributed by atoms with E-state index < -0.39 is 0 Å². The standard InChI is InChI=1S/C9H12N2O/c1-11-8-4-2-3-6(8)5-7(10)9(11)12/h5H,2-4,10H2,1H3. The number of anilines is 1. The number of aryl methyl sites for hydroxylation is 1. The molecular formula is C9H12N2O. The van der Waals surface area contributed by atoms with E-state index in [-0.39, 0.29) is 5.56 Å². The van der Waals surface area contributed by atoms with E-state index in [1.54, 1.807) is 11.6 Å². The zero-order chi connectivity index (χ0) is 8.72. The number of nitrogens with two attached hydrogens (primary N) is 1. The molecule has 0 saturated heterocycles. The van der Waals surface area contributed by atoms with Gasteiger partial charge in [0.15, 0.2) is 0 Å². The Bertz CT molecular complexity index is 379. The molecule has 1 aliphatic rings. The second kappa shape index (κ2) is 2.37. The molecule has 1 heterocycles. The Morgan fingerprint density at radius 3 is 3.00 bits per heavy atom. The predicted molar refractivity (Wildman–Crippen MR) is 48.1 cm³/mol. The number of pyridine rings is 1. The topological polar surface area (TPSA) is 48.0 Å². The molecule has 12 heavy (non-hydrogen) atoms. The molecule has 1 aromatic heterocycles. The fraction of sp³-hybridized carbons (Fsp3) is 0.444. The Kier molecular flexibility index (Phi) is 1.46. The summed E-state index contributed by atoms with van der Waals surface area (Å²) in [6.07, 6.45) is 3.22. The summed E-state index contributed by atoms with van der Waals surface area (Å²) >= 11 is 0. The monoisotopic (exact) mass is 164 g/mol. The third-order valence-electron chi connectivity index (χ3n) is 2.52. The normalized spacial score (nSPS) is 14.8. The third kappa shape index (κ3) is 0.858. The Morgan fingerprint density at radius 2 is 2.25 bits per heavy atom. The highest BCUT2D eigenvalue weighted by atomic mass is 16.1. The second-order valence-electron chi connectivity index (χ2n) is 3.29. The smallest absolute Gasteiger partial charge is 0.273 e. The van der Waals surface area contributed by atoms with Crippen LogP contribution >= 0.6 is 0 Å². The van der Waals surface area contributed by atoms with Crippen molar-refractivity contribution in [2.45, 2.75) is 19.3 Å². The second-order valence-corrected chi connectivity index (χ2v) is 3.29. The van der Waals surface area contributed by atoms with Gasteiger partial charge in [0.05, 0.1) is 5.69 Å². The van der Waals surface area contributed by atoms with E-state index in [4.69, 9.17) is 5.73 Å². The van der Waals surface area contributed by atoms with Crippen LogP contribution in [0.15, 0.2) is 10.9 Å². The van der Waals surface area contributed by atoms with Crippen LogP contribution in [0.4, 0.5) is 5.69 Å². The molecule has 2 N–H and O–H groups in total. The lowest BCUT2D eigenvalue weighted by molar-refractivity contribution is 0.781. The minimum Gasteiger partial charge on any atom is -0.394 e. The minimum atomic E-state index is -0.0596. The van der Waals surface area contributed by atoms with E-state index in [2.05, 4.69) is 0 Å². The number of fused-ring (bicyclic) bond motifs is 1. The first-order valence-corrected chi connectivity index (χ1v) is 4.17. The SMILES string of the molecule is Cn1c2c(cc(N)c1=O)CCC2. The predicted octanol–water partition coefficient (Wildman–Crippen LogP) is 0.456. The van der Waals surface area contributed by atoms with Gasteiger partial charge in [-0.1, -0.05) is 0 Å². The molecule has 3 nitrogen and oxygen atoms in total. The molecule has 0 fully saturated rings. The van der Waals surface area contributed by atoms with E-state index >= 15 is 0 Å². The Hall–Kier alpha value is -1.25. The van der Waals surface area contributed by atoms with Gasteiger partial charge in [-0.2, -0.15) is 0 Å². The maximum absolute atomic E-state index is 11.4. The van der Waals surface area contributed by atoms with Gasteiger partial charge in [0.1, 0.15) is 0 Å². The first-order chi connectivity index (χ1) is 5.70. The lowest BCUT2D eigenvalue weighted by atomic mass is 10.2. The molecule has 0 aromatic carbocycles. The van der Waals surface area contributed by atoms with Crippen LogP contribution in [0.25, 0.3) is 0 Å². The van der Waals surface area contributed by atoms with Gasteiger partial charge < -0.3 is 10.3 Å². The van der Waals surface area contributed by atoms with Crippen LogP contribution in [-0.2, 0) is 19.9 Å². The van der Waals surface area contributed by atoms with E-state index in [1.165, 1.54) is 5.56 Å². The third-order valence-corrected chi connectivity index (χ3v) is 2.52. The quantitative estimate of drug-likeness (QED) is 0.605. The van der Waals surface area contributed by atoms with Crippen molar-refractivity contribution < 1.29 is 0 Å². The van der Waals surface area contributed by atoms with Crippen molar-refractivity contribution in [2.24, 2.45) is 7.05 Å². The van der Waals surface area contributed by atoms with Crippen LogP contribution in [0.3, 0.4) is 0 Å². The number of rotatable bonds is 0. The van der Waals surface area contributed by atoms with Crippen LogP contribution < -0.4 is 11.3 Å². The van der Waals surface area contributed by atoms with Crippen molar-refractivity contribution in [1.82, 2.24) is 4.57 Å². The maximum Gasteiger partial charge on any atom is 0.273 e. The van der Waals surface area contributed by atoms with Gasteiger partial charge in [0, 0.05) is 12.7 Å². The summed E-state index contributed by atoms with van der Waals surface area (Å²) < 4.78 is 1.68. The zero-order valence-electron chi connectivity index (χ0n) is 7.13. The van der Waals surface area contributed by atoms with E-state index in [1.807, 2.05) is 6.07 Å². The Labute approximate surface area is 70.8 Å². The molecule has 0 aliphatic heterocycles. The summed E-state index contributed by atoms with van der Waals surface area (Å²) in [5.74, 6) is 0. The number of aromatic nitrogens is 1. The molecule has 64 valence electrons. The lowest BCUT2D eigenvalue weighted by Crippen LogP contribution is -2.23. The molecule has 0 radical (unpaired) electrons. The molecule has 0 unspecified atom stereocenters. The van der Waals surface area contributed by atoms with Crippen molar-refractivity contribution in [3.05, 3.63) is 27.7 Å². The molecule has 0 amide bonds. The Balaban J connectivity index is 2.76. The van der Waals surface area contributed by atoms with E-state index in [0.717, 1.165) is 25.0 Å². The zero-order valence-corrected chi connectivity index (χ0v) is 7.13. The maximum atomic E-state index is 11.4. The first kappa shape index (κ1) is 7.40. The van der Waals surface area contributed by atoms with Crippen molar-refractivity contribution in [3.63, 3.8) is 0 Å². The summed E-state index contributed by atoms with van der Waals surface area (Å²) in [5, 5.41) is 0. The van der Waals surface area contributed by atoms with Gasteiger partial charge in [-0.3, -0.25) is 4.79 Å². The van der Waals surface area contributed by atoms with Crippen LogP contribution in [0.2, 0.25) is 0 Å². The summed E-state index contributed by atoms with van der Waals surface area (Å²) in [7, 11) is 1.79. The molecular weight excluding hydrogens is 152 g/mol. The van der Waals surface area contributed by atoms with Crippen LogP contribution in [0.1, 0.15) is 17.7 Å². The van der Waals surface area contributed by atoms with Gasteiger partial charge in [0.2, 0.25) is 0 Å². The van der Waals surface area contributed by atoms with Crippen molar-refractivity contribution >= 4 is 5.69 Å². The van der Waals surface area contributed by atoms with Gasteiger partial charge >= 0.3 is 0 Å². The van der Waals surface area contributed by atoms with Crippen LogP contribution in [0.5, 0.6) is 0 Å². The van der Waals surface area contributed by atoms with E-state index in [0.29, 0.717) is 5.69 Å². The van der Waals surface area contributed by atoms with Gasteiger partial charge in [-0.15, -0.1) is 0 Å². The fourth-order valence-corrected chi connectivity index (χ4v) is 1.86. The van der Waals surface area contributed by atoms with Crippen molar-refractivity contribution in [3.8, 4) is 0 Å².